The Hall–Kier alpha value is -3.43. The van der Waals surface area contributed by atoms with Gasteiger partial charge in [-0.1, -0.05) is 42.5 Å². The zero-order valence-corrected chi connectivity index (χ0v) is 21.1. The molecule has 2 aliphatic rings. The molecule has 2 aromatic carbocycles. The average molecular weight is 509 g/mol. The molecule has 2 fully saturated rings. The van der Waals surface area contributed by atoms with Crippen molar-refractivity contribution in [2.75, 3.05) is 31.6 Å². The summed E-state index contributed by atoms with van der Waals surface area (Å²) in [5.41, 5.74) is 8.11. The molecule has 0 unspecified atom stereocenters. The average Bonchev–Trinajstić information content (AvgIpc) is 2.95. The maximum atomic E-state index is 13.4. The van der Waals surface area contributed by atoms with Crippen molar-refractivity contribution in [1.29, 1.82) is 0 Å². The molecule has 198 valence electrons. The molecular formula is C28H36N4O5. The third-order valence-electron chi connectivity index (χ3n) is 7.09. The molecule has 0 aromatic heterocycles. The van der Waals surface area contributed by atoms with E-state index in [2.05, 4.69) is 10.6 Å². The van der Waals surface area contributed by atoms with E-state index in [-0.39, 0.29) is 30.3 Å². The largest absolute Gasteiger partial charge is 0.445 e. The van der Waals surface area contributed by atoms with E-state index < -0.39 is 12.1 Å². The van der Waals surface area contributed by atoms with E-state index in [4.69, 9.17) is 15.2 Å². The minimum Gasteiger partial charge on any atom is -0.445 e. The van der Waals surface area contributed by atoms with Crippen molar-refractivity contribution >= 4 is 23.6 Å². The minimum absolute atomic E-state index is 0.00491. The molecule has 0 spiro atoms. The Kier molecular flexibility index (Phi) is 9.51. The van der Waals surface area contributed by atoms with Gasteiger partial charge in [-0.05, 0) is 54.9 Å². The van der Waals surface area contributed by atoms with Gasteiger partial charge in [0.15, 0.2) is 0 Å². The number of nitrogens with zero attached hydrogens (tertiary/aromatic N) is 1. The van der Waals surface area contributed by atoms with Gasteiger partial charge in [-0.3, -0.25) is 9.59 Å². The molecule has 37 heavy (non-hydrogen) atoms. The first-order valence-electron chi connectivity index (χ1n) is 13.0. The fraction of sp³-hybridized carbons (Fsp3) is 0.464. The number of carbonyl (C=O) groups excluding carboxylic acids is 3. The van der Waals surface area contributed by atoms with E-state index in [1.54, 1.807) is 6.07 Å². The lowest BCUT2D eigenvalue weighted by Crippen LogP contribution is -2.52. The second-order valence-electron chi connectivity index (χ2n) is 9.63. The van der Waals surface area contributed by atoms with Gasteiger partial charge in [0.1, 0.15) is 12.6 Å². The van der Waals surface area contributed by atoms with Crippen LogP contribution in [0.15, 0.2) is 54.6 Å². The van der Waals surface area contributed by atoms with Crippen LogP contribution in [-0.4, -0.2) is 55.2 Å². The number of amides is 3. The quantitative estimate of drug-likeness (QED) is 0.504. The van der Waals surface area contributed by atoms with Gasteiger partial charge in [0, 0.05) is 44.5 Å². The molecule has 2 aliphatic heterocycles. The summed E-state index contributed by atoms with van der Waals surface area (Å²) < 4.78 is 10.8. The molecular weight excluding hydrogens is 472 g/mol. The van der Waals surface area contributed by atoms with Crippen LogP contribution in [0.4, 0.5) is 10.5 Å². The molecule has 4 N–H and O–H groups in total. The third kappa shape index (κ3) is 7.53. The molecule has 0 radical (unpaired) electrons. The topological polar surface area (TPSA) is 123 Å². The number of rotatable bonds is 8. The van der Waals surface area contributed by atoms with Crippen molar-refractivity contribution in [3.63, 3.8) is 0 Å². The number of piperidine rings is 1. The van der Waals surface area contributed by atoms with Gasteiger partial charge in [0.05, 0.1) is 0 Å². The van der Waals surface area contributed by atoms with Gasteiger partial charge in [0.2, 0.25) is 11.8 Å². The lowest BCUT2D eigenvalue weighted by atomic mass is 9.87. The first kappa shape index (κ1) is 26.6. The van der Waals surface area contributed by atoms with Gasteiger partial charge in [-0.15, -0.1) is 0 Å². The van der Waals surface area contributed by atoms with Gasteiger partial charge in [-0.2, -0.15) is 0 Å². The summed E-state index contributed by atoms with van der Waals surface area (Å²) in [6.07, 6.45) is 2.06. The van der Waals surface area contributed by atoms with Gasteiger partial charge in [-0.25, -0.2) is 4.79 Å². The van der Waals surface area contributed by atoms with Crippen LogP contribution in [0.5, 0.6) is 0 Å². The Morgan fingerprint density at radius 2 is 1.68 bits per heavy atom. The normalized spacial score (nSPS) is 17.6. The van der Waals surface area contributed by atoms with Crippen LogP contribution >= 0.6 is 0 Å². The van der Waals surface area contributed by atoms with Gasteiger partial charge < -0.3 is 30.7 Å². The Labute approximate surface area is 217 Å². The number of hydrogen-bond donors (Lipinski definition) is 3. The van der Waals surface area contributed by atoms with Crippen molar-refractivity contribution in [1.82, 2.24) is 10.2 Å². The van der Waals surface area contributed by atoms with Gasteiger partial charge in [0.25, 0.3) is 0 Å². The predicted octanol–water partition coefficient (Wildman–Crippen LogP) is 3.04. The van der Waals surface area contributed by atoms with E-state index in [0.717, 1.165) is 24.0 Å². The monoisotopic (exact) mass is 508 g/mol. The fourth-order valence-corrected chi connectivity index (χ4v) is 4.94. The lowest BCUT2D eigenvalue weighted by Gasteiger charge is -2.37. The Morgan fingerprint density at radius 3 is 2.38 bits per heavy atom. The van der Waals surface area contributed by atoms with E-state index in [0.29, 0.717) is 51.4 Å². The number of likely N-dealkylation sites (tertiary alicyclic amines) is 1. The van der Waals surface area contributed by atoms with E-state index in [1.165, 1.54) is 0 Å². The summed E-state index contributed by atoms with van der Waals surface area (Å²) in [6.45, 7) is 2.81. The number of benzene rings is 2. The number of hydrogen-bond acceptors (Lipinski definition) is 6. The second-order valence-corrected chi connectivity index (χ2v) is 9.63. The molecule has 0 bridgehead atoms. The first-order valence-corrected chi connectivity index (χ1v) is 13.0. The zero-order valence-electron chi connectivity index (χ0n) is 21.1. The van der Waals surface area contributed by atoms with Crippen LogP contribution < -0.4 is 16.4 Å². The van der Waals surface area contributed by atoms with Crippen molar-refractivity contribution < 1.29 is 23.9 Å². The maximum Gasteiger partial charge on any atom is 0.408 e. The number of alkyl carbamates (subject to hydrolysis) is 1. The third-order valence-corrected chi connectivity index (χ3v) is 7.09. The van der Waals surface area contributed by atoms with E-state index >= 15 is 0 Å². The molecule has 4 rings (SSSR count). The van der Waals surface area contributed by atoms with Crippen LogP contribution in [0.3, 0.4) is 0 Å². The van der Waals surface area contributed by atoms with Crippen LogP contribution in [0.2, 0.25) is 0 Å². The summed E-state index contributed by atoms with van der Waals surface area (Å²) in [5, 5.41) is 5.71. The SMILES string of the molecule is NCc1cccc(NC(=O)[C@H](NC(=O)OCc2ccccc2)C2CCN(C(=O)C3CCOCC3)CC2)c1. The smallest absolute Gasteiger partial charge is 0.408 e. The number of anilines is 1. The number of nitrogens with two attached hydrogens (primary N) is 1. The molecule has 2 saturated heterocycles. The van der Waals surface area contributed by atoms with Crippen LogP contribution in [0.1, 0.15) is 36.8 Å². The molecule has 1 atom stereocenters. The summed E-state index contributed by atoms with van der Waals surface area (Å²) in [4.78, 5) is 40.9. The molecule has 0 saturated carbocycles. The van der Waals surface area contributed by atoms with Crippen molar-refractivity contribution in [2.24, 2.45) is 17.6 Å². The summed E-state index contributed by atoms with van der Waals surface area (Å²) in [5.74, 6) is -0.289. The second kappa shape index (κ2) is 13.2. The Morgan fingerprint density at radius 1 is 0.973 bits per heavy atom. The zero-order chi connectivity index (χ0) is 26.0. The van der Waals surface area contributed by atoms with Crippen LogP contribution in [0, 0.1) is 11.8 Å². The standard InChI is InChI=1S/C28H36N4O5/c29-18-21-7-4-8-24(17-21)30-26(33)25(31-28(35)37-19-20-5-2-1-3-6-20)22-9-13-32(14-10-22)27(34)23-11-15-36-16-12-23/h1-8,17,22-23,25H,9-16,18-19,29H2,(H,30,33)(H,31,35)/t25-/m1/s1. The highest BCUT2D eigenvalue weighted by atomic mass is 16.5. The molecule has 9 heteroatoms. The highest BCUT2D eigenvalue weighted by molar-refractivity contribution is 5.97. The Bertz CT molecular complexity index is 1050. The van der Waals surface area contributed by atoms with E-state index in [1.807, 2.05) is 53.4 Å². The van der Waals surface area contributed by atoms with Gasteiger partial charge >= 0.3 is 6.09 Å². The molecule has 3 amide bonds. The van der Waals surface area contributed by atoms with E-state index in [9.17, 15) is 14.4 Å². The number of carbonyl (C=O) groups is 3. The summed E-state index contributed by atoms with van der Waals surface area (Å²) in [7, 11) is 0. The lowest BCUT2D eigenvalue weighted by molar-refractivity contribution is -0.140. The highest BCUT2D eigenvalue weighted by Crippen LogP contribution is 2.26. The maximum absolute atomic E-state index is 13.4. The Balaban J connectivity index is 1.40. The first-order chi connectivity index (χ1) is 18.0. The molecule has 2 aromatic rings. The molecule has 2 heterocycles. The van der Waals surface area contributed by atoms with Crippen molar-refractivity contribution in [3.8, 4) is 0 Å². The van der Waals surface area contributed by atoms with Crippen molar-refractivity contribution in [3.05, 3.63) is 65.7 Å². The number of ether oxygens (including phenoxy) is 2. The highest BCUT2D eigenvalue weighted by Gasteiger charge is 2.36. The van der Waals surface area contributed by atoms with Crippen LogP contribution in [0.25, 0.3) is 0 Å². The molecule has 9 nitrogen and oxygen atoms in total. The van der Waals surface area contributed by atoms with Crippen molar-refractivity contribution in [2.45, 2.75) is 44.9 Å². The fourth-order valence-electron chi connectivity index (χ4n) is 4.94. The molecule has 0 aliphatic carbocycles. The minimum atomic E-state index is -0.801. The summed E-state index contributed by atoms with van der Waals surface area (Å²) >= 11 is 0. The predicted molar refractivity (Wildman–Crippen MR) is 139 cm³/mol. The number of nitrogens with one attached hydrogen (secondary N) is 2. The summed E-state index contributed by atoms with van der Waals surface area (Å²) in [6, 6.07) is 15.9. The van der Waals surface area contributed by atoms with Crippen LogP contribution in [-0.2, 0) is 32.2 Å².